The Morgan fingerprint density at radius 1 is 0.683 bits per heavy atom. The van der Waals surface area contributed by atoms with Gasteiger partial charge in [0.05, 0.1) is 6.10 Å². The fourth-order valence-electron chi connectivity index (χ4n) is 8.10. The predicted octanol–water partition coefficient (Wildman–Crippen LogP) is 1.70. The number of benzene rings is 3. The lowest BCUT2D eigenvalue weighted by atomic mass is 9.91. The summed E-state index contributed by atoms with van der Waals surface area (Å²) in [5.41, 5.74) is 8.82. The molecule has 6 amide bonds. The van der Waals surface area contributed by atoms with Gasteiger partial charge in [-0.2, -0.15) is 0 Å². The number of para-hydroxylation sites is 1. The van der Waals surface area contributed by atoms with Gasteiger partial charge in [0, 0.05) is 42.4 Å². The molecule has 0 aliphatic carbocycles. The number of nitrogens with two attached hydrogens (primary N) is 1. The van der Waals surface area contributed by atoms with E-state index in [1.54, 1.807) is 13.1 Å². The van der Waals surface area contributed by atoms with Crippen LogP contribution in [0.4, 0.5) is 0 Å². The molecule has 8 atom stereocenters. The number of hydrogen-bond donors (Lipinski definition) is 8. The van der Waals surface area contributed by atoms with Crippen molar-refractivity contribution in [2.75, 3.05) is 13.1 Å². The molecule has 318 valence electrons. The molecule has 15 nitrogen and oxygen atoms in total. The average molecular weight is 821 g/mol. The van der Waals surface area contributed by atoms with Crippen molar-refractivity contribution in [3.8, 4) is 0 Å². The Labute approximate surface area is 349 Å². The second-order valence-corrected chi connectivity index (χ2v) is 15.8. The lowest BCUT2D eigenvalue weighted by Crippen LogP contribution is -2.63. The van der Waals surface area contributed by atoms with E-state index in [4.69, 9.17) is 5.73 Å². The normalized spacial score (nSPS) is 24.6. The van der Waals surface area contributed by atoms with Crippen LogP contribution in [0.3, 0.4) is 0 Å². The van der Waals surface area contributed by atoms with Gasteiger partial charge in [0.25, 0.3) is 0 Å². The van der Waals surface area contributed by atoms with E-state index in [-0.39, 0.29) is 25.8 Å². The Bertz CT molecular complexity index is 2130. The number of unbranched alkanes of at least 4 members (excludes halogenated alkanes) is 1. The van der Waals surface area contributed by atoms with Gasteiger partial charge in [-0.15, -0.1) is 0 Å². The molecule has 3 heterocycles. The number of amides is 6. The van der Waals surface area contributed by atoms with Crippen molar-refractivity contribution in [2.45, 2.75) is 107 Å². The standard InChI is InChI=1S/C45H56N8O7/c1-27(30-16-7-4-8-17-30)38-45(60)53-23-13-21-37(53)43(58)50-35(24-29-14-5-3-6-15-29)41(56)49-36(25-31-26-47-33-19-10-9-18-32(31)33)42(57)48-34(20-11-12-22-46)40(55)52-39(28(2)54)44(59)51-38/h3-10,14-19,26-28,34-39,47,54H,11-13,20-25,46H2,1-2H3,(H,48,57)(H,49,56)(H,50,58)(H,51,59)(H,52,55)/t27-,28-,34+,35+,36-,37+,38+,39+/m1/s1. The number of hydrogen-bond acceptors (Lipinski definition) is 8. The van der Waals surface area contributed by atoms with Crippen LogP contribution in [0.15, 0.2) is 91.1 Å². The van der Waals surface area contributed by atoms with Gasteiger partial charge in [-0.3, -0.25) is 28.8 Å². The summed E-state index contributed by atoms with van der Waals surface area (Å²) < 4.78 is 0. The molecule has 0 spiro atoms. The van der Waals surface area contributed by atoms with Gasteiger partial charge in [-0.05, 0) is 68.3 Å². The number of aromatic nitrogens is 1. The summed E-state index contributed by atoms with van der Waals surface area (Å²) in [4.78, 5) is 90.9. The number of aliphatic hydroxyl groups is 1. The summed E-state index contributed by atoms with van der Waals surface area (Å²) in [5.74, 6) is -4.55. The maximum Gasteiger partial charge on any atom is 0.246 e. The molecule has 0 saturated carbocycles. The Morgan fingerprint density at radius 3 is 1.98 bits per heavy atom. The second kappa shape index (κ2) is 20.3. The van der Waals surface area contributed by atoms with Gasteiger partial charge in [0.15, 0.2) is 0 Å². The molecule has 3 aromatic carbocycles. The number of H-pyrrole nitrogens is 1. The molecule has 2 fully saturated rings. The Kier molecular flexibility index (Phi) is 14.7. The maximum atomic E-state index is 14.7. The van der Waals surface area contributed by atoms with Gasteiger partial charge in [0.2, 0.25) is 35.4 Å². The third-order valence-corrected chi connectivity index (χ3v) is 11.5. The highest BCUT2D eigenvalue weighted by Gasteiger charge is 2.42. The fraction of sp³-hybridized carbons (Fsp3) is 0.422. The number of fused-ring (bicyclic) bond motifs is 2. The summed E-state index contributed by atoms with van der Waals surface area (Å²) in [7, 11) is 0. The molecule has 15 heteroatoms. The van der Waals surface area contributed by atoms with Crippen molar-refractivity contribution in [3.05, 3.63) is 108 Å². The first kappa shape index (κ1) is 43.5. The quantitative estimate of drug-likeness (QED) is 0.104. The maximum absolute atomic E-state index is 14.7. The topological polar surface area (TPSA) is 228 Å². The SMILES string of the molecule is C[C@H](c1ccccc1)[C@@H]1NC(=O)[C@H]([C@@H](C)O)NC(=O)[C@H](CCCCN)NC(=O)[C@@H](Cc2c[nH]c3ccccc23)NC(=O)[C@H](Cc2ccccc2)NC(=O)[C@@H]2CCCN2C1=O. The molecule has 2 saturated heterocycles. The summed E-state index contributed by atoms with van der Waals surface area (Å²) in [6, 6.07) is 18.5. The molecule has 2 aliphatic rings. The van der Waals surface area contributed by atoms with Crippen LogP contribution in [0.25, 0.3) is 10.9 Å². The van der Waals surface area contributed by atoms with Gasteiger partial charge in [-0.25, -0.2) is 0 Å². The summed E-state index contributed by atoms with van der Waals surface area (Å²) in [6.07, 6.45) is 2.35. The number of nitrogens with zero attached hydrogens (tertiary/aromatic N) is 1. The number of rotatable bonds is 11. The van der Waals surface area contributed by atoms with Gasteiger partial charge >= 0.3 is 0 Å². The molecule has 0 unspecified atom stereocenters. The Morgan fingerprint density at radius 2 is 1.28 bits per heavy atom. The van der Waals surface area contributed by atoms with Crippen LogP contribution in [-0.2, 0) is 41.6 Å². The highest BCUT2D eigenvalue weighted by Crippen LogP contribution is 2.26. The van der Waals surface area contributed by atoms with E-state index in [0.29, 0.717) is 32.2 Å². The summed E-state index contributed by atoms with van der Waals surface area (Å²) >= 11 is 0. The third-order valence-electron chi connectivity index (χ3n) is 11.5. The molecule has 0 bridgehead atoms. The Balaban J connectivity index is 1.41. The molecule has 1 aromatic heterocycles. The smallest absolute Gasteiger partial charge is 0.246 e. The molecule has 0 radical (unpaired) electrons. The van der Waals surface area contributed by atoms with Crippen molar-refractivity contribution in [3.63, 3.8) is 0 Å². The molecule has 6 rings (SSSR count). The zero-order valence-electron chi connectivity index (χ0n) is 34.1. The van der Waals surface area contributed by atoms with Crippen LogP contribution in [0, 0.1) is 0 Å². The highest BCUT2D eigenvalue weighted by molar-refractivity contribution is 5.99. The van der Waals surface area contributed by atoms with E-state index in [2.05, 4.69) is 31.6 Å². The van der Waals surface area contributed by atoms with E-state index in [1.165, 1.54) is 11.8 Å². The van der Waals surface area contributed by atoms with Crippen LogP contribution < -0.4 is 32.3 Å². The van der Waals surface area contributed by atoms with Crippen LogP contribution in [0.1, 0.15) is 68.6 Å². The monoisotopic (exact) mass is 820 g/mol. The molecule has 4 aromatic rings. The van der Waals surface area contributed by atoms with Gasteiger partial charge in [-0.1, -0.05) is 85.8 Å². The number of aliphatic hydroxyl groups excluding tert-OH is 1. The van der Waals surface area contributed by atoms with Crippen LogP contribution in [0.5, 0.6) is 0 Å². The van der Waals surface area contributed by atoms with Gasteiger partial charge in [0.1, 0.15) is 36.3 Å². The van der Waals surface area contributed by atoms with E-state index >= 15 is 0 Å². The molecule has 60 heavy (non-hydrogen) atoms. The first-order chi connectivity index (χ1) is 28.9. The van der Waals surface area contributed by atoms with Crippen LogP contribution >= 0.6 is 0 Å². The Hall–Kier alpha value is -6.06. The van der Waals surface area contributed by atoms with Crippen LogP contribution in [-0.4, -0.2) is 106 Å². The number of nitrogens with one attached hydrogen (secondary N) is 6. The lowest BCUT2D eigenvalue weighted by molar-refractivity contribution is -0.143. The van der Waals surface area contributed by atoms with E-state index in [9.17, 15) is 33.9 Å². The molecule has 9 N–H and O–H groups in total. The van der Waals surface area contributed by atoms with Crippen molar-refractivity contribution in [1.82, 2.24) is 36.5 Å². The minimum Gasteiger partial charge on any atom is -0.391 e. The van der Waals surface area contributed by atoms with E-state index < -0.39 is 83.7 Å². The third kappa shape index (κ3) is 10.6. The average Bonchev–Trinajstić information content (AvgIpc) is 3.91. The lowest BCUT2D eigenvalue weighted by Gasteiger charge is -2.34. The number of aromatic amines is 1. The van der Waals surface area contributed by atoms with E-state index in [0.717, 1.165) is 27.6 Å². The highest BCUT2D eigenvalue weighted by atomic mass is 16.3. The predicted molar refractivity (Wildman–Crippen MR) is 226 cm³/mol. The molecular weight excluding hydrogens is 765 g/mol. The summed E-state index contributed by atoms with van der Waals surface area (Å²) in [6.45, 7) is 3.67. The van der Waals surface area contributed by atoms with Crippen molar-refractivity contribution >= 4 is 46.3 Å². The zero-order valence-corrected chi connectivity index (χ0v) is 34.1. The summed E-state index contributed by atoms with van der Waals surface area (Å²) in [5, 5.41) is 25.8. The van der Waals surface area contributed by atoms with Crippen molar-refractivity contribution in [2.24, 2.45) is 5.73 Å². The van der Waals surface area contributed by atoms with E-state index in [1.807, 2.05) is 84.9 Å². The number of carbonyl (C=O) groups is 6. The molecule has 2 aliphatic heterocycles. The minimum absolute atomic E-state index is 0.0231. The second-order valence-electron chi connectivity index (χ2n) is 15.8. The fourth-order valence-corrected chi connectivity index (χ4v) is 8.10. The first-order valence-electron chi connectivity index (χ1n) is 20.8. The zero-order chi connectivity index (χ0) is 42.8. The van der Waals surface area contributed by atoms with Crippen LogP contribution in [0.2, 0.25) is 0 Å². The van der Waals surface area contributed by atoms with Gasteiger partial charge < -0.3 is 47.3 Å². The molecular formula is C45H56N8O7. The first-order valence-corrected chi connectivity index (χ1v) is 20.8. The van der Waals surface area contributed by atoms with Crippen molar-refractivity contribution in [1.29, 1.82) is 0 Å². The largest absolute Gasteiger partial charge is 0.391 e. The van der Waals surface area contributed by atoms with Crippen molar-refractivity contribution < 1.29 is 33.9 Å². The minimum atomic E-state index is -1.53. The number of carbonyl (C=O) groups excluding carboxylic acids is 6.